The summed E-state index contributed by atoms with van der Waals surface area (Å²) in [6, 6.07) is 0. The number of carbonyl (C=O) groups is 1. The summed E-state index contributed by atoms with van der Waals surface area (Å²) in [7, 11) is 0. The first kappa shape index (κ1) is 49.2. The molecule has 0 saturated heterocycles. The van der Waals surface area contributed by atoms with E-state index in [9.17, 15) is 4.79 Å². The second-order valence-electron chi connectivity index (χ2n) is 16.4. The lowest BCUT2D eigenvalue weighted by molar-refractivity contribution is -0.123. The summed E-state index contributed by atoms with van der Waals surface area (Å²) >= 11 is 0. The van der Waals surface area contributed by atoms with Crippen molar-refractivity contribution in [1.29, 1.82) is 0 Å². The van der Waals surface area contributed by atoms with Crippen molar-refractivity contribution in [3.8, 4) is 0 Å². The lowest BCUT2D eigenvalue weighted by Crippen LogP contribution is -2.14. The summed E-state index contributed by atoms with van der Waals surface area (Å²) in [5, 5.41) is 0. The van der Waals surface area contributed by atoms with Crippen LogP contribution in [0, 0.1) is 11.8 Å². The lowest BCUT2D eigenvalue weighted by Gasteiger charge is -2.16. The maximum Gasteiger partial charge on any atom is 0.135 e. The SMILES string of the molecule is C=C(CCCCCCCC(CCC)CCCCCCCCC(=O)C(CCCCCCCC)CCCCCCCC)OCCCCCCCCC. The van der Waals surface area contributed by atoms with E-state index in [1.807, 2.05) is 0 Å². The minimum absolute atomic E-state index is 0.354. The van der Waals surface area contributed by atoms with E-state index in [2.05, 4.69) is 34.3 Å². The fourth-order valence-corrected chi connectivity index (χ4v) is 7.93. The number of rotatable bonds is 43. The van der Waals surface area contributed by atoms with E-state index in [0.717, 1.165) is 50.4 Å². The van der Waals surface area contributed by atoms with Gasteiger partial charge >= 0.3 is 0 Å². The highest BCUT2D eigenvalue weighted by Gasteiger charge is 2.17. The van der Waals surface area contributed by atoms with Crippen LogP contribution < -0.4 is 0 Å². The minimum atomic E-state index is 0.354. The quantitative estimate of drug-likeness (QED) is 0.0467. The van der Waals surface area contributed by atoms with Gasteiger partial charge in [-0.1, -0.05) is 233 Å². The third-order valence-corrected chi connectivity index (χ3v) is 11.4. The maximum atomic E-state index is 13.2. The van der Waals surface area contributed by atoms with Gasteiger partial charge in [-0.3, -0.25) is 4.79 Å². The van der Waals surface area contributed by atoms with Crippen molar-refractivity contribution in [2.75, 3.05) is 6.61 Å². The molecule has 1 unspecified atom stereocenters. The Kier molecular flexibility index (Phi) is 40.3. The van der Waals surface area contributed by atoms with Gasteiger partial charge in [0.25, 0.3) is 0 Å². The molecule has 0 radical (unpaired) electrons. The van der Waals surface area contributed by atoms with E-state index in [1.165, 1.54) is 212 Å². The van der Waals surface area contributed by atoms with Crippen LogP contribution in [0.3, 0.4) is 0 Å². The monoisotopic (exact) mass is 703 g/mol. The van der Waals surface area contributed by atoms with Gasteiger partial charge in [-0.2, -0.15) is 0 Å². The summed E-state index contributed by atoms with van der Waals surface area (Å²) in [4.78, 5) is 13.2. The normalized spacial score (nSPS) is 12.2. The van der Waals surface area contributed by atoms with Gasteiger partial charge in [-0.05, 0) is 38.0 Å². The fourth-order valence-electron chi connectivity index (χ4n) is 7.93. The van der Waals surface area contributed by atoms with Gasteiger partial charge in [-0.15, -0.1) is 0 Å². The molecule has 2 heteroatoms. The van der Waals surface area contributed by atoms with Crippen LogP contribution in [-0.2, 0) is 9.53 Å². The molecule has 0 rings (SSSR count). The molecule has 0 aromatic carbocycles. The van der Waals surface area contributed by atoms with Crippen molar-refractivity contribution in [2.45, 2.75) is 272 Å². The first-order chi connectivity index (χ1) is 24.6. The molecule has 50 heavy (non-hydrogen) atoms. The molecule has 0 aliphatic rings. The Hall–Kier alpha value is -0.790. The number of ketones is 1. The van der Waals surface area contributed by atoms with Gasteiger partial charge in [0.2, 0.25) is 0 Å². The number of unbranched alkanes of at least 4 members (excludes halogenated alkanes) is 25. The van der Waals surface area contributed by atoms with Crippen molar-refractivity contribution in [3.05, 3.63) is 12.3 Å². The maximum absolute atomic E-state index is 13.2. The van der Waals surface area contributed by atoms with Crippen molar-refractivity contribution >= 4 is 5.78 Å². The van der Waals surface area contributed by atoms with Gasteiger partial charge in [0.15, 0.2) is 0 Å². The predicted molar refractivity (Wildman–Crippen MR) is 225 cm³/mol. The van der Waals surface area contributed by atoms with Crippen LogP contribution in [0.2, 0.25) is 0 Å². The van der Waals surface area contributed by atoms with Crippen LogP contribution in [0.4, 0.5) is 0 Å². The van der Waals surface area contributed by atoms with Gasteiger partial charge in [-0.25, -0.2) is 0 Å². The Morgan fingerprint density at radius 3 is 1.20 bits per heavy atom. The average molecular weight is 703 g/mol. The topological polar surface area (TPSA) is 26.3 Å². The van der Waals surface area contributed by atoms with Crippen LogP contribution in [0.1, 0.15) is 272 Å². The van der Waals surface area contributed by atoms with Crippen LogP contribution in [0.5, 0.6) is 0 Å². The summed E-state index contributed by atoms with van der Waals surface area (Å²) in [6.07, 6.45) is 49.8. The smallest absolute Gasteiger partial charge is 0.135 e. The number of ether oxygens (including phenoxy) is 1. The van der Waals surface area contributed by atoms with Crippen LogP contribution in [-0.4, -0.2) is 12.4 Å². The van der Waals surface area contributed by atoms with Crippen molar-refractivity contribution in [2.24, 2.45) is 11.8 Å². The molecule has 298 valence electrons. The number of hydrogen-bond acceptors (Lipinski definition) is 2. The van der Waals surface area contributed by atoms with Crippen molar-refractivity contribution in [3.63, 3.8) is 0 Å². The first-order valence-electron chi connectivity index (χ1n) is 23.4. The Balaban J connectivity index is 3.94. The van der Waals surface area contributed by atoms with Crippen LogP contribution in [0.15, 0.2) is 12.3 Å². The molecule has 0 bridgehead atoms. The zero-order valence-electron chi connectivity index (χ0n) is 35.3. The van der Waals surface area contributed by atoms with E-state index in [0.29, 0.717) is 11.7 Å². The van der Waals surface area contributed by atoms with E-state index in [4.69, 9.17) is 4.74 Å². The van der Waals surface area contributed by atoms with E-state index >= 15 is 0 Å². The molecule has 0 amide bonds. The first-order valence-corrected chi connectivity index (χ1v) is 23.4. The third-order valence-electron chi connectivity index (χ3n) is 11.4. The van der Waals surface area contributed by atoms with Crippen LogP contribution in [0.25, 0.3) is 0 Å². The Labute approximate surface area is 316 Å². The van der Waals surface area contributed by atoms with Crippen LogP contribution >= 0.6 is 0 Å². The molecule has 0 saturated carbocycles. The molecule has 0 N–H and O–H groups in total. The predicted octanol–water partition coefficient (Wildman–Crippen LogP) is 17.2. The second kappa shape index (κ2) is 41.0. The summed E-state index contributed by atoms with van der Waals surface area (Å²) < 4.78 is 5.89. The second-order valence-corrected chi connectivity index (χ2v) is 16.4. The molecule has 0 heterocycles. The number of hydrogen-bond donors (Lipinski definition) is 0. The van der Waals surface area contributed by atoms with Gasteiger partial charge in [0, 0.05) is 18.8 Å². The summed E-state index contributed by atoms with van der Waals surface area (Å²) in [6.45, 7) is 14.2. The Bertz CT molecular complexity index is 668. The number of Topliss-reactive ketones (excluding diaryl/α,β-unsaturated/α-hetero) is 1. The average Bonchev–Trinajstić information content (AvgIpc) is 3.11. The highest BCUT2D eigenvalue weighted by atomic mass is 16.5. The van der Waals surface area contributed by atoms with E-state index < -0.39 is 0 Å². The number of carbonyl (C=O) groups excluding carboxylic acids is 1. The summed E-state index contributed by atoms with van der Waals surface area (Å²) in [5.74, 6) is 2.90. The lowest BCUT2D eigenvalue weighted by atomic mass is 9.88. The molecule has 2 nitrogen and oxygen atoms in total. The Morgan fingerprint density at radius 1 is 0.400 bits per heavy atom. The minimum Gasteiger partial charge on any atom is -0.499 e. The van der Waals surface area contributed by atoms with E-state index in [1.54, 1.807) is 0 Å². The standard InChI is InChI=1S/C48H94O2/c1-6-10-13-16-21-29-36-44-50-45(5)38-30-23-22-25-32-40-46(37-9-4)39-31-24-19-20-28-35-43-48(49)47(41-33-26-17-14-11-7-2)42-34-27-18-15-12-8-3/h46-47H,5-44H2,1-4H3. The van der Waals surface area contributed by atoms with E-state index in [-0.39, 0.29) is 0 Å². The molecular weight excluding hydrogens is 609 g/mol. The number of allylic oxidation sites excluding steroid dienone is 1. The highest BCUT2D eigenvalue weighted by molar-refractivity contribution is 5.80. The highest BCUT2D eigenvalue weighted by Crippen LogP contribution is 2.25. The molecule has 0 aliphatic carbocycles. The zero-order chi connectivity index (χ0) is 36.6. The molecule has 0 aromatic rings. The zero-order valence-corrected chi connectivity index (χ0v) is 35.3. The Morgan fingerprint density at radius 2 is 0.760 bits per heavy atom. The van der Waals surface area contributed by atoms with Crippen molar-refractivity contribution < 1.29 is 9.53 Å². The summed E-state index contributed by atoms with van der Waals surface area (Å²) in [5.41, 5.74) is 0. The largest absolute Gasteiger partial charge is 0.499 e. The third kappa shape index (κ3) is 35.6. The molecular formula is C48H94O2. The molecule has 0 fully saturated rings. The molecule has 0 spiro atoms. The molecule has 0 aromatic heterocycles. The van der Waals surface area contributed by atoms with Gasteiger partial charge in [0.05, 0.1) is 12.4 Å². The molecule has 1 atom stereocenters. The van der Waals surface area contributed by atoms with Gasteiger partial charge in [0.1, 0.15) is 5.78 Å². The van der Waals surface area contributed by atoms with Crippen molar-refractivity contribution in [1.82, 2.24) is 0 Å². The fraction of sp³-hybridized carbons (Fsp3) is 0.938. The van der Waals surface area contributed by atoms with Gasteiger partial charge < -0.3 is 4.74 Å². The molecule has 0 aliphatic heterocycles.